The summed E-state index contributed by atoms with van der Waals surface area (Å²) < 4.78 is 0. The van der Waals surface area contributed by atoms with Gasteiger partial charge in [-0.05, 0) is 118 Å². The van der Waals surface area contributed by atoms with Crippen molar-refractivity contribution in [1.82, 2.24) is 10.2 Å². The van der Waals surface area contributed by atoms with Crippen molar-refractivity contribution in [3.63, 3.8) is 0 Å². The van der Waals surface area contributed by atoms with Crippen molar-refractivity contribution in [3.05, 3.63) is 141 Å². The van der Waals surface area contributed by atoms with Gasteiger partial charge in [0.25, 0.3) is 0 Å². The Labute approximate surface area is 317 Å². The second-order valence-electron chi connectivity index (χ2n) is 13.5. The molecule has 1 aliphatic rings. The van der Waals surface area contributed by atoms with E-state index < -0.39 is 0 Å². The minimum absolute atomic E-state index is 0.223. The SMILES string of the molecule is C=C.C=C.C=C(C)NC(C)(/C=C\CC)C(=C)N(C)C1CC1.C=C(CCCC)CCC(CC)CC(=C)c1c(C)cccc1-c1ccccc1C.CC. The number of unbranched alkanes of at least 4 members (excludes halogenated alkanes) is 1. The van der Waals surface area contributed by atoms with Crippen molar-refractivity contribution in [2.75, 3.05) is 7.05 Å². The summed E-state index contributed by atoms with van der Waals surface area (Å²) in [4.78, 5) is 2.30. The zero-order valence-corrected chi connectivity index (χ0v) is 35.0. The van der Waals surface area contributed by atoms with Gasteiger partial charge in [0.15, 0.2) is 0 Å². The Morgan fingerprint density at radius 3 is 1.96 bits per heavy atom. The van der Waals surface area contributed by atoms with Crippen molar-refractivity contribution in [3.8, 4) is 11.1 Å². The predicted octanol–water partition coefficient (Wildman–Crippen LogP) is 15.0. The van der Waals surface area contributed by atoms with Crippen LogP contribution in [0.3, 0.4) is 0 Å². The van der Waals surface area contributed by atoms with Crippen molar-refractivity contribution >= 4 is 5.57 Å². The number of nitrogens with zero attached hydrogens (tertiary/aromatic N) is 1. The number of rotatable bonds is 18. The van der Waals surface area contributed by atoms with E-state index in [-0.39, 0.29) is 5.54 Å². The summed E-state index contributed by atoms with van der Waals surface area (Å²) in [6.45, 7) is 48.3. The van der Waals surface area contributed by atoms with Gasteiger partial charge in [-0.25, -0.2) is 0 Å². The van der Waals surface area contributed by atoms with E-state index in [0.717, 1.165) is 30.7 Å². The Balaban J connectivity index is 0. The molecular formula is C49H78N2. The fraction of sp³-hybridized carbons (Fsp3) is 0.469. The molecule has 0 spiro atoms. The standard InChI is InChI=1S/C28H38.C15H26N2.C2H6.2C2H4/c1-7-9-13-21(3)18-19-25(8-2)20-24(6)28-23(5)15-12-17-27(28)26-16-11-10-14-22(26)4;1-7-8-11-15(5,16-12(2)3)13(4)17(6)14-9-10-14;3*1-2/h10-12,14-17,25H,3,6-9,13,18-20H2,1-2,4-5H3;8,11,14,16H,2,4,7,9-10H2,1,3,5-6H3;1-2H3;2*1-2H2/b;11-8-;;;. The van der Waals surface area contributed by atoms with Crippen LogP contribution in [0.1, 0.15) is 129 Å². The van der Waals surface area contributed by atoms with E-state index in [1.165, 1.54) is 83.9 Å². The van der Waals surface area contributed by atoms with Gasteiger partial charge in [-0.3, -0.25) is 0 Å². The zero-order chi connectivity index (χ0) is 39.6. The number of likely N-dealkylation sites (N-methyl/N-ethyl adjacent to an activating group) is 1. The molecule has 2 heteroatoms. The van der Waals surface area contributed by atoms with Crippen LogP contribution in [0.25, 0.3) is 16.7 Å². The summed E-state index contributed by atoms with van der Waals surface area (Å²) in [7, 11) is 2.14. The number of allylic oxidation sites excluding steroid dienone is 4. The normalized spacial score (nSPS) is 13.1. The maximum Gasteiger partial charge on any atom is 0.0920 e. The molecule has 0 aromatic heterocycles. The Hall–Kier alpha value is -3.78. The molecule has 1 saturated carbocycles. The van der Waals surface area contributed by atoms with E-state index in [4.69, 9.17) is 0 Å². The maximum absolute atomic E-state index is 4.54. The van der Waals surface area contributed by atoms with Gasteiger partial charge in [0, 0.05) is 24.5 Å². The molecular weight excluding hydrogens is 617 g/mol. The minimum Gasteiger partial charge on any atom is -0.375 e. The minimum atomic E-state index is -0.223. The monoisotopic (exact) mass is 695 g/mol. The van der Waals surface area contributed by atoms with Crippen molar-refractivity contribution in [2.24, 2.45) is 5.92 Å². The predicted molar refractivity (Wildman–Crippen MR) is 236 cm³/mol. The summed E-state index contributed by atoms with van der Waals surface area (Å²) in [5, 5.41) is 3.43. The molecule has 0 heterocycles. The van der Waals surface area contributed by atoms with Crippen LogP contribution >= 0.6 is 0 Å². The van der Waals surface area contributed by atoms with E-state index in [1.807, 2.05) is 20.8 Å². The van der Waals surface area contributed by atoms with Gasteiger partial charge in [-0.2, -0.15) is 0 Å². The third-order valence-corrected chi connectivity index (χ3v) is 9.24. The highest BCUT2D eigenvalue weighted by Gasteiger charge is 2.34. The van der Waals surface area contributed by atoms with E-state index in [1.54, 1.807) is 0 Å². The average Bonchev–Trinajstić information content (AvgIpc) is 3.99. The molecule has 51 heavy (non-hydrogen) atoms. The average molecular weight is 695 g/mol. The van der Waals surface area contributed by atoms with E-state index in [2.05, 4.69) is 166 Å². The molecule has 0 bridgehead atoms. The molecule has 2 aromatic carbocycles. The van der Waals surface area contributed by atoms with Crippen LogP contribution < -0.4 is 5.32 Å². The van der Waals surface area contributed by atoms with Crippen LogP contribution in [0.15, 0.2) is 124 Å². The molecule has 0 saturated heterocycles. The Morgan fingerprint density at radius 1 is 0.882 bits per heavy atom. The maximum atomic E-state index is 4.54. The number of benzene rings is 2. The molecule has 3 rings (SSSR count). The van der Waals surface area contributed by atoms with E-state index in [0.29, 0.717) is 12.0 Å². The number of aryl methyl sites for hydroxylation is 2. The quantitative estimate of drug-likeness (QED) is 0.156. The Bertz CT molecular complexity index is 1340. The molecule has 2 unspecified atom stereocenters. The van der Waals surface area contributed by atoms with Gasteiger partial charge < -0.3 is 10.2 Å². The molecule has 0 amide bonds. The summed E-state index contributed by atoms with van der Waals surface area (Å²) in [5.41, 5.74) is 11.2. The molecule has 2 atom stereocenters. The first kappa shape index (κ1) is 49.3. The first-order valence-electron chi connectivity index (χ1n) is 19.4. The lowest BCUT2D eigenvalue weighted by atomic mass is 9.84. The highest BCUT2D eigenvalue weighted by atomic mass is 15.2. The van der Waals surface area contributed by atoms with Gasteiger partial charge in [-0.1, -0.05) is 134 Å². The molecule has 1 fully saturated rings. The molecule has 2 nitrogen and oxygen atoms in total. The zero-order valence-electron chi connectivity index (χ0n) is 35.0. The first-order valence-corrected chi connectivity index (χ1v) is 19.4. The first-order chi connectivity index (χ1) is 24.4. The van der Waals surface area contributed by atoms with Crippen LogP contribution in [-0.4, -0.2) is 23.5 Å². The fourth-order valence-electron chi connectivity index (χ4n) is 6.15. The lowest BCUT2D eigenvalue weighted by molar-refractivity contribution is 0.337. The smallest absolute Gasteiger partial charge is 0.0920 e. The van der Waals surface area contributed by atoms with Gasteiger partial charge in [0.1, 0.15) is 0 Å². The molecule has 0 aliphatic heterocycles. The van der Waals surface area contributed by atoms with Gasteiger partial charge in [0.05, 0.1) is 5.54 Å². The Kier molecular flexibility index (Phi) is 27.0. The largest absolute Gasteiger partial charge is 0.375 e. The number of hydrogen-bond acceptors (Lipinski definition) is 2. The second-order valence-corrected chi connectivity index (χ2v) is 13.5. The van der Waals surface area contributed by atoms with E-state index >= 15 is 0 Å². The molecule has 1 N–H and O–H groups in total. The van der Waals surface area contributed by atoms with Crippen LogP contribution in [-0.2, 0) is 0 Å². The number of nitrogens with one attached hydrogen (secondary N) is 1. The summed E-state index contributed by atoms with van der Waals surface area (Å²) >= 11 is 0. The summed E-state index contributed by atoms with van der Waals surface area (Å²) in [6, 6.07) is 16.0. The van der Waals surface area contributed by atoms with Crippen LogP contribution in [0.4, 0.5) is 0 Å². The van der Waals surface area contributed by atoms with Crippen LogP contribution in [0, 0.1) is 19.8 Å². The van der Waals surface area contributed by atoms with Gasteiger partial charge >= 0.3 is 0 Å². The van der Waals surface area contributed by atoms with Crippen LogP contribution in [0.2, 0.25) is 0 Å². The van der Waals surface area contributed by atoms with Crippen LogP contribution in [0.5, 0.6) is 0 Å². The fourth-order valence-corrected chi connectivity index (χ4v) is 6.15. The second kappa shape index (κ2) is 27.9. The Morgan fingerprint density at radius 2 is 1.45 bits per heavy atom. The van der Waals surface area contributed by atoms with Crippen molar-refractivity contribution in [2.45, 2.75) is 138 Å². The number of hydrogen-bond donors (Lipinski definition) is 1. The lowest BCUT2D eigenvalue weighted by Gasteiger charge is -2.37. The van der Waals surface area contributed by atoms with Gasteiger partial charge in [-0.15, -0.1) is 26.3 Å². The molecule has 0 radical (unpaired) electrons. The van der Waals surface area contributed by atoms with Gasteiger partial charge in [0.2, 0.25) is 0 Å². The third-order valence-electron chi connectivity index (χ3n) is 9.24. The highest BCUT2D eigenvalue weighted by Crippen LogP contribution is 2.37. The van der Waals surface area contributed by atoms with Crippen molar-refractivity contribution < 1.29 is 0 Å². The molecule has 2 aromatic rings. The molecule has 1 aliphatic carbocycles. The van der Waals surface area contributed by atoms with E-state index in [9.17, 15) is 0 Å². The topological polar surface area (TPSA) is 15.3 Å². The summed E-state index contributed by atoms with van der Waals surface area (Å²) in [5.74, 6) is 0.676. The summed E-state index contributed by atoms with van der Waals surface area (Å²) in [6.07, 6.45) is 16.3. The van der Waals surface area contributed by atoms with Crippen molar-refractivity contribution in [1.29, 1.82) is 0 Å². The third kappa shape index (κ3) is 17.8. The highest BCUT2D eigenvalue weighted by molar-refractivity contribution is 5.83. The molecule has 284 valence electrons. The lowest BCUT2D eigenvalue weighted by Crippen LogP contribution is -2.46.